The number of anilines is 1. The number of halogens is 2. The molecule has 35 heavy (non-hydrogen) atoms. The molecular weight excluding hydrogens is 583 g/mol. The van der Waals surface area contributed by atoms with Gasteiger partial charge in [0, 0.05) is 10.7 Å². The maximum atomic E-state index is 12.7. The van der Waals surface area contributed by atoms with Crippen LogP contribution < -0.4 is 14.8 Å². The van der Waals surface area contributed by atoms with Crippen LogP contribution >= 0.6 is 34.2 Å². The number of methoxy groups -OCH3 is 2. The highest BCUT2D eigenvalue weighted by molar-refractivity contribution is 14.1. The first-order chi connectivity index (χ1) is 16.8. The molecule has 0 unspecified atom stereocenters. The predicted molar refractivity (Wildman–Crippen MR) is 141 cm³/mol. The molecular formula is C26H20ClIN2O5. The molecule has 0 saturated heterocycles. The summed E-state index contributed by atoms with van der Waals surface area (Å²) in [5.41, 5.74) is 2.22. The van der Waals surface area contributed by atoms with Crippen molar-refractivity contribution in [2.75, 3.05) is 19.5 Å². The van der Waals surface area contributed by atoms with Gasteiger partial charge in [0.15, 0.2) is 11.5 Å². The van der Waals surface area contributed by atoms with Gasteiger partial charge in [0.25, 0.3) is 5.91 Å². The van der Waals surface area contributed by atoms with Crippen LogP contribution in [0.1, 0.15) is 21.5 Å². The Hall–Kier alpha value is -3.55. The number of nitriles is 1. The molecule has 0 atom stereocenters. The van der Waals surface area contributed by atoms with Gasteiger partial charge in [-0.3, -0.25) is 4.79 Å². The van der Waals surface area contributed by atoms with Gasteiger partial charge < -0.3 is 19.5 Å². The summed E-state index contributed by atoms with van der Waals surface area (Å²) >= 11 is 8.04. The number of ether oxygens (including phenoxy) is 3. The highest BCUT2D eigenvalue weighted by Gasteiger charge is 2.15. The minimum Gasteiger partial charge on any atom is -0.493 e. The summed E-state index contributed by atoms with van der Waals surface area (Å²) in [6.07, 6.45) is 1.46. The molecule has 0 bridgehead atoms. The van der Waals surface area contributed by atoms with E-state index >= 15 is 0 Å². The second kappa shape index (κ2) is 12.2. The molecule has 0 aliphatic heterocycles. The standard InChI is InChI=1S/C26H20ClIN2O5/c1-33-23-13-17(12-22(28)24(23)35-15-16-3-7-20(27)8-4-16)11-19(14-29)25(31)30-21-9-5-18(6-10-21)26(32)34-2/h3-13H,15H2,1-2H3,(H,30,31)/b19-11+. The van der Waals surface area contributed by atoms with Crippen LogP contribution in [0.15, 0.2) is 66.2 Å². The molecule has 0 heterocycles. The summed E-state index contributed by atoms with van der Waals surface area (Å²) in [6, 6.07) is 18.9. The first-order valence-corrected chi connectivity index (χ1v) is 11.7. The fourth-order valence-electron chi connectivity index (χ4n) is 3.02. The number of benzene rings is 3. The molecule has 1 amide bonds. The number of nitrogens with zero attached hydrogens (tertiary/aromatic N) is 1. The van der Waals surface area contributed by atoms with Crippen molar-refractivity contribution in [2.24, 2.45) is 0 Å². The first-order valence-electron chi connectivity index (χ1n) is 10.2. The molecule has 3 aromatic rings. The zero-order chi connectivity index (χ0) is 25.4. The molecule has 1 N–H and O–H groups in total. The van der Waals surface area contributed by atoms with Crippen molar-refractivity contribution in [1.29, 1.82) is 5.26 Å². The van der Waals surface area contributed by atoms with Gasteiger partial charge in [0.05, 0.1) is 23.4 Å². The van der Waals surface area contributed by atoms with E-state index in [1.54, 1.807) is 36.4 Å². The van der Waals surface area contributed by atoms with E-state index < -0.39 is 11.9 Å². The van der Waals surface area contributed by atoms with Crippen LogP contribution in [0.25, 0.3) is 6.08 Å². The first kappa shape index (κ1) is 26.1. The molecule has 0 radical (unpaired) electrons. The lowest BCUT2D eigenvalue weighted by Gasteiger charge is -2.14. The summed E-state index contributed by atoms with van der Waals surface area (Å²) in [4.78, 5) is 24.2. The van der Waals surface area contributed by atoms with E-state index in [4.69, 9.17) is 21.1 Å². The van der Waals surface area contributed by atoms with Crippen LogP contribution in [0.2, 0.25) is 5.02 Å². The Labute approximate surface area is 221 Å². The second-order valence-corrected chi connectivity index (χ2v) is 8.74. The lowest BCUT2D eigenvalue weighted by Crippen LogP contribution is -2.13. The Morgan fingerprint density at radius 2 is 1.77 bits per heavy atom. The normalized spacial score (nSPS) is 10.8. The Morgan fingerprint density at radius 3 is 2.37 bits per heavy atom. The molecule has 3 aromatic carbocycles. The van der Waals surface area contributed by atoms with Gasteiger partial charge in [-0.1, -0.05) is 23.7 Å². The summed E-state index contributed by atoms with van der Waals surface area (Å²) in [5, 5.41) is 12.8. The van der Waals surface area contributed by atoms with Gasteiger partial charge in [-0.2, -0.15) is 5.26 Å². The lowest BCUT2D eigenvalue weighted by molar-refractivity contribution is -0.112. The van der Waals surface area contributed by atoms with Crippen LogP contribution in [-0.4, -0.2) is 26.1 Å². The van der Waals surface area contributed by atoms with Crippen molar-refractivity contribution in [1.82, 2.24) is 0 Å². The third kappa shape index (κ3) is 6.97. The van der Waals surface area contributed by atoms with Crippen molar-refractivity contribution >= 4 is 57.8 Å². The van der Waals surface area contributed by atoms with Gasteiger partial charge in [-0.15, -0.1) is 0 Å². The fraction of sp³-hybridized carbons (Fsp3) is 0.115. The van der Waals surface area contributed by atoms with E-state index in [0.29, 0.717) is 39.9 Å². The number of rotatable bonds is 8. The quantitative estimate of drug-likeness (QED) is 0.150. The van der Waals surface area contributed by atoms with Gasteiger partial charge >= 0.3 is 5.97 Å². The summed E-state index contributed by atoms with van der Waals surface area (Å²) < 4.78 is 16.8. The maximum Gasteiger partial charge on any atom is 0.337 e. The van der Waals surface area contributed by atoms with Crippen LogP contribution in [0, 0.1) is 14.9 Å². The van der Waals surface area contributed by atoms with Crippen LogP contribution in [-0.2, 0) is 16.1 Å². The highest BCUT2D eigenvalue weighted by Crippen LogP contribution is 2.35. The van der Waals surface area contributed by atoms with E-state index in [1.165, 1.54) is 32.4 Å². The van der Waals surface area contributed by atoms with Crippen molar-refractivity contribution in [3.63, 3.8) is 0 Å². The minimum atomic E-state index is -0.588. The number of nitrogens with one attached hydrogen (secondary N) is 1. The van der Waals surface area contributed by atoms with Gasteiger partial charge in [0.2, 0.25) is 0 Å². The summed E-state index contributed by atoms with van der Waals surface area (Å²) in [5.74, 6) is -0.0537. The van der Waals surface area contributed by atoms with Crippen molar-refractivity contribution in [3.8, 4) is 17.6 Å². The lowest BCUT2D eigenvalue weighted by atomic mass is 10.1. The number of esters is 1. The smallest absolute Gasteiger partial charge is 0.337 e. The van der Waals surface area contributed by atoms with Gasteiger partial charge in [0.1, 0.15) is 18.2 Å². The van der Waals surface area contributed by atoms with Crippen molar-refractivity contribution in [2.45, 2.75) is 6.61 Å². The molecule has 0 aromatic heterocycles. The van der Waals surface area contributed by atoms with E-state index in [1.807, 2.05) is 18.2 Å². The van der Waals surface area contributed by atoms with Crippen LogP contribution in [0.3, 0.4) is 0 Å². The SMILES string of the molecule is COC(=O)c1ccc(NC(=O)/C(C#N)=C/c2cc(I)c(OCc3ccc(Cl)cc3)c(OC)c2)cc1. The van der Waals surface area contributed by atoms with Crippen molar-refractivity contribution in [3.05, 3.63) is 91.5 Å². The summed E-state index contributed by atoms with van der Waals surface area (Å²) in [7, 11) is 2.81. The minimum absolute atomic E-state index is 0.102. The molecule has 7 nitrogen and oxygen atoms in total. The van der Waals surface area contributed by atoms with E-state index in [2.05, 4.69) is 32.6 Å². The number of hydrogen-bond acceptors (Lipinski definition) is 6. The Bertz CT molecular complexity index is 1300. The second-order valence-electron chi connectivity index (χ2n) is 7.14. The van der Waals surface area contributed by atoms with Gasteiger partial charge in [-0.05, 0) is 88.3 Å². The molecule has 0 fully saturated rings. The third-order valence-electron chi connectivity index (χ3n) is 4.79. The molecule has 0 aliphatic carbocycles. The molecule has 3 rings (SSSR count). The highest BCUT2D eigenvalue weighted by atomic mass is 127. The van der Waals surface area contributed by atoms with Gasteiger partial charge in [-0.25, -0.2) is 4.79 Å². The molecule has 9 heteroatoms. The molecule has 0 spiro atoms. The average Bonchev–Trinajstić information content (AvgIpc) is 2.87. The van der Waals surface area contributed by atoms with E-state index in [9.17, 15) is 14.9 Å². The topological polar surface area (TPSA) is 97.7 Å². The zero-order valence-electron chi connectivity index (χ0n) is 18.8. The largest absolute Gasteiger partial charge is 0.493 e. The zero-order valence-corrected chi connectivity index (χ0v) is 21.7. The fourth-order valence-corrected chi connectivity index (χ4v) is 3.93. The number of carbonyl (C=O) groups is 2. The monoisotopic (exact) mass is 602 g/mol. The summed E-state index contributed by atoms with van der Waals surface area (Å²) in [6.45, 7) is 0.319. The van der Waals surface area contributed by atoms with Crippen LogP contribution in [0.4, 0.5) is 5.69 Å². The predicted octanol–water partition coefficient (Wildman–Crippen LogP) is 5.86. The Morgan fingerprint density at radius 1 is 1.09 bits per heavy atom. The Balaban J connectivity index is 1.77. The molecule has 0 saturated carbocycles. The number of amides is 1. The maximum absolute atomic E-state index is 12.7. The van der Waals surface area contributed by atoms with E-state index in [0.717, 1.165) is 9.13 Å². The number of carbonyl (C=O) groups excluding carboxylic acids is 2. The Kier molecular flexibility index (Phi) is 9.11. The molecule has 0 aliphatic rings. The van der Waals surface area contributed by atoms with Crippen LogP contribution in [0.5, 0.6) is 11.5 Å². The third-order valence-corrected chi connectivity index (χ3v) is 5.84. The van der Waals surface area contributed by atoms with E-state index in [-0.39, 0.29) is 5.57 Å². The molecule has 178 valence electrons. The number of hydrogen-bond donors (Lipinski definition) is 1. The van der Waals surface area contributed by atoms with Crippen molar-refractivity contribution < 1.29 is 23.8 Å². The average molecular weight is 603 g/mol.